The normalized spacial score (nSPS) is 21.4. The molecule has 206 valence electrons. The third kappa shape index (κ3) is 5.28. The average molecular weight is 554 g/mol. The summed E-state index contributed by atoms with van der Waals surface area (Å²) in [5, 5.41) is 24.3. The molecular weight excluding hydrogens is 521 g/mol. The van der Waals surface area contributed by atoms with Gasteiger partial charge >= 0.3 is 5.97 Å². The Morgan fingerprint density at radius 2 is 1.95 bits per heavy atom. The van der Waals surface area contributed by atoms with Crippen LogP contribution in [0, 0.1) is 17.2 Å². The van der Waals surface area contributed by atoms with Crippen molar-refractivity contribution in [3.63, 3.8) is 0 Å². The second-order valence-electron chi connectivity index (χ2n) is 10.8. The predicted octanol–water partition coefficient (Wildman–Crippen LogP) is 4.28. The zero-order chi connectivity index (χ0) is 27.9. The van der Waals surface area contributed by atoms with E-state index >= 15 is 0 Å². The smallest absolute Gasteiger partial charge is 0.335 e. The molecule has 2 aliphatic rings. The summed E-state index contributed by atoms with van der Waals surface area (Å²) in [6, 6.07) is 12.3. The summed E-state index contributed by atoms with van der Waals surface area (Å²) in [5.41, 5.74) is 3.85. The van der Waals surface area contributed by atoms with Gasteiger partial charge in [0.25, 0.3) is 0 Å². The number of carboxylic acid groups (broad SMARTS) is 1. The van der Waals surface area contributed by atoms with Gasteiger partial charge in [-0.25, -0.2) is 22.3 Å². The summed E-state index contributed by atoms with van der Waals surface area (Å²) in [6.45, 7) is 3.85. The van der Waals surface area contributed by atoms with Gasteiger partial charge in [-0.3, -0.25) is 0 Å². The fraction of sp³-hybridized carbons (Fsp3) is 0.379. The molecule has 1 saturated carbocycles. The summed E-state index contributed by atoms with van der Waals surface area (Å²) >= 11 is 0. The van der Waals surface area contributed by atoms with E-state index in [1.165, 1.54) is 34.1 Å². The minimum Gasteiger partial charge on any atom is -0.478 e. The Labute approximate surface area is 227 Å². The SMILES string of the molecule is C[C@@H](O)CN(C[C@H]1CCC2=Cc3c(cnn3-c3ccc(F)cc3)C[C@@]21C)S(=O)(=O)Cc1ccccc1C(=O)O. The number of aliphatic hydroxyl groups is 1. The first-order valence-corrected chi connectivity index (χ1v) is 14.6. The van der Waals surface area contributed by atoms with E-state index in [-0.39, 0.29) is 41.4 Å². The van der Waals surface area contributed by atoms with Crippen molar-refractivity contribution in [1.29, 1.82) is 0 Å². The molecule has 5 rings (SSSR count). The number of halogens is 1. The molecular formula is C29H32FN3O5S. The minimum atomic E-state index is -3.93. The number of aromatic carboxylic acids is 1. The molecule has 0 amide bonds. The van der Waals surface area contributed by atoms with E-state index in [2.05, 4.69) is 18.1 Å². The maximum Gasteiger partial charge on any atom is 0.335 e. The molecule has 0 aliphatic heterocycles. The molecule has 3 aromatic rings. The van der Waals surface area contributed by atoms with Crippen molar-refractivity contribution < 1.29 is 27.8 Å². The van der Waals surface area contributed by atoms with E-state index in [0.717, 1.165) is 29.8 Å². The summed E-state index contributed by atoms with van der Waals surface area (Å²) in [4.78, 5) is 11.7. The number of carboxylic acids is 1. The third-order valence-electron chi connectivity index (χ3n) is 8.09. The Morgan fingerprint density at radius 1 is 1.23 bits per heavy atom. The quantitative estimate of drug-likeness (QED) is 0.409. The van der Waals surface area contributed by atoms with Crippen molar-refractivity contribution in [3.8, 4) is 5.69 Å². The Bertz CT molecular complexity index is 1530. The summed E-state index contributed by atoms with van der Waals surface area (Å²) in [6.07, 6.45) is 5.34. The van der Waals surface area contributed by atoms with Crippen molar-refractivity contribution in [3.05, 3.63) is 88.5 Å². The standard InChI is InChI=1S/C29H32FN3O5S/c1-19(34)16-32(39(37,38)18-20-5-3-4-6-26(20)28(35)36)17-23-8-7-22-13-27-21(14-29(22,23)2)15-31-33(27)25-11-9-24(30)10-12-25/h3-6,9-13,15,19,23,34H,7-8,14,16-18H2,1-2H3,(H,35,36)/t19-,23-,29+/m1/s1. The van der Waals surface area contributed by atoms with Crippen molar-refractivity contribution in [2.45, 2.75) is 45.0 Å². The van der Waals surface area contributed by atoms with Crippen LogP contribution in [0.2, 0.25) is 0 Å². The van der Waals surface area contributed by atoms with Gasteiger partial charge in [0.05, 0.1) is 35.0 Å². The van der Waals surface area contributed by atoms with Gasteiger partial charge in [-0.2, -0.15) is 9.40 Å². The summed E-state index contributed by atoms with van der Waals surface area (Å²) in [7, 11) is -3.93. The highest BCUT2D eigenvalue weighted by Crippen LogP contribution is 2.53. The maximum absolute atomic E-state index is 13.6. The maximum atomic E-state index is 13.6. The van der Waals surface area contributed by atoms with Crippen LogP contribution in [0.15, 0.2) is 60.3 Å². The number of rotatable bonds is 9. The molecule has 2 N–H and O–H groups in total. The highest BCUT2D eigenvalue weighted by molar-refractivity contribution is 7.88. The van der Waals surface area contributed by atoms with Crippen LogP contribution < -0.4 is 0 Å². The van der Waals surface area contributed by atoms with Crippen LogP contribution in [0.25, 0.3) is 11.8 Å². The Hall–Kier alpha value is -3.34. The van der Waals surface area contributed by atoms with Gasteiger partial charge < -0.3 is 10.2 Å². The van der Waals surface area contributed by atoms with E-state index < -0.39 is 27.8 Å². The van der Waals surface area contributed by atoms with Crippen LogP contribution in [0.4, 0.5) is 4.39 Å². The van der Waals surface area contributed by atoms with Crippen molar-refractivity contribution in [1.82, 2.24) is 14.1 Å². The second-order valence-corrected chi connectivity index (χ2v) is 12.8. The Morgan fingerprint density at radius 3 is 2.64 bits per heavy atom. The number of hydrogen-bond acceptors (Lipinski definition) is 5. The van der Waals surface area contributed by atoms with Crippen molar-refractivity contribution in [2.24, 2.45) is 11.3 Å². The van der Waals surface area contributed by atoms with Gasteiger partial charge in [-0.1, -0.05) is 30.7 Å². The topological polar surface area (TPSA) is 113 Å². The van der Waals surface area contributed by atoms with Gasteiger partial charge in [-0.05, 0) is 85.1 Å². The number of carbonyl (C=O) groups is 1. The lowest BCUT2D eigenvalue weighted by Gasteiger charge is -2.38. The van der Waals surface area contributed by atoms with Crippen LogP contribution in [0.1, 0.15) is 53.9 Å². The molecule has 0 bridgehead atoms. The van der Waals surface area contributed by atoms with E-state index in [1.807, 2.05) is 6.20 Å². The molecule has 0 saturated heterocycles. The van der Waals surface area contributed by atoms with Crippen LogP contribution in [0.5, 0.6) is 0 Å². The molecule has 2 aliphatic carbocycles. The molecule has 0 radical (unpaired) electrons. The summed E-state index contributed by atoms with van der Waals surface area (Å²) < 4.78 is 43.8. The molecule has 3 atom stereocenters. The molecule has 39 heavy (non-hydrogen) atoms. The highest BCUT2D eigenvalue weighted by atomic mass is 32.2. The Balaban J connectivity index is 1.41. The van der Waals surface area contributed by atoms with Gasteiger partial charge in [-0.15, -0.1) is 0 Å². The largest absolute Gasteiger partial charge is 0.478 e. The predicted molar refractivity (Wildman–Crippen MR) is 145 cm³/mol. The molecule has 2 aromatic carbocycles. The molecule has 0 spiro atoms. The first kappa shape index (κ1) is 27.2. The minimum absolute atomic E-state index is 0.00527. The van der Waals surface area contributed by atoms with Crippen LogP contribution in [-0.4, -0.2) is 57.9 Å². The van der Waals surface area contributed by atoms with Gasteiger partial charge in [0.1, 0.15) is 5.82 Å². The molecule has 1 fully saturated rings. The first-order valence-electron chi connectivity index (χ1n) is 13.0. The monoisotopic (exact) mass is 553 g/mol. The number of nitrogens with zero attached hydrogens (tertiary/aromatic N) is 3. The van der Waals surface area contributed by atoms with E-state index in [9.17, 15) is 27.8 Å². The lowest BCUT2D eigenvalue weighted by Crippen LogP contribution is -2.44. The van der Waals surface area contributed by atoms with E-state index in [1.54, 1.807) is 35.9 Å². The number of fused-ring (bicyclic) bond motifs is 2. The van der Waals surface area contributed by atoms with Gasteiger partial charge in [0.2, 0.25) is 10.0 Å². The number of aliphatic hydroxyl groups excluding tert-OH is 1. The number of aromatic nitrogens is 2. The number of allylic oxidation sites excluding steroid dienone is 1. The summed E-state index contributed by atoms with van der Waals surface area (Å²) in [5.74, 6) is -1.95. The van der Waals surface area contributed by atoms with Crippen LogP contribution in [-0.2, 0) is 22.2 Å². The van der Waals surface area contributed by atoms with E-state index in [0.29, 0.717) is 6.42 Å². The number of sulfonamides is 1. The molecule has 1 heterocycles. The van der Waals surface area contributed by atoms with Crippen LogP contribution >= 0.6 is 0 Å². The second kappa shape index (κ2) is 10.3. The van der Waals surface area contributed by atoms with Crippen molar-refractivity contribution >= 4 is 22.1 Å². The van der Waals surface area contributed by atoms with Crippen molar-refractivity contribution in [2.75, 3.05) is 13.1 Å². The van der Waals surface area contributed by atoms with Crippen LogP contribution in [0.3, 0.4) is 0 Å². The molecule has 8 nitrogen and oxygen atoms in total. The molecule has 0 unspecified atom stereocenters. The molecule has 10 heteroatoms. The lowest BCUT2D eigenvalue weighted by molar-refractivity contribution is 0.0696. The fourth-order valence-electron chi connectivity index (χ4n) is 6.00. The molecule has 1 aromatic heterocycles. The first-order chi connectivity index (χ1) is 18.5. The number of benzene rings is 2. The third-order valence-corrected chi connectivity index (χ3v) is 9.85. The Kier molecular flexibility index (Phi) is 7.21. The van der Waals surface area contributed by atoms with Gasteiger partial charge in [0.15, 0.2) is 0 Å². The lowest BCUT2D eigenvalue weighted by atomic mass is 9.70. The average Bonchev–Trinajstić information content (AvgIpc) is 3.42. The zero-order valence-corrected chi connectivity index (χ0v) is 22.7. The van der Waals surface area contributed by atoms with Gasteiger partial charge in [0, 0.05) is 13.1 Å². The highest BCUT2D eigenvalue weighted by Gasteiger charge is 2.47. The fourth-order valence-corrected chi connectivity index (χ4v) is 7.68. The zero-order valence-electron chi connectivity index (χ0n) is 21.9. The van der Waals surface area contributed by atoms with E-state index in [4.69, 9.17) is 0 Å². The number of hydrogen-bond donors (Lipinski definition) is 2.